The van der Waals surface area contributed by atoms with Crippen molar-refractivity contribution in [2.45, 2.75) is 16.9 Å². The Bertz CT molecular complexity index is 613. The van der Waals surface area contributed by atoms with Crippen LogP contribution < -0.4 is 4.90 Å². The van der Waals surface area contributed by atoms with Gasteiger partial charge in [-0.1, -0.05) is 23.7 Å². The van der Waals surface area contributed by atoms with E-state index in [9.17, 15) is 14.9 Å². The van der Waals surface area contributed by atoms with Gasteiger partial charge in [-0.2, -0.15) is 0 Å². The first kappa shape index (κ1) is 13.7. The molecule has 8 heteroatoms. The number of ether oxygens (including phenoxy) is 1. The van der Waals surface area contributed by atoms with Crippen LogP contribution in [0.25, 0.3) is 0 Å². The molecule has 2 atom stereocenters. The lowest BCUT2D eigenvalue weighted by Gasteiger charge is -2.60. The van der Waals surface area contributed by atoms with Crippen LogP contribution in [0, 0.1) is 10.1 Å². The monoisotopic (exact) mass is 314 g/mol. The Morgan fingerprint density at radius 3 is 2.90 bits per heavy atom. The number of nitro benzene ring substituents is 1. The van der Waals surface area contributed by atoms with Gasteiger partial charge in [0.1, 0.15) is 5.69 Å². The van der Waals surface area contributed by atoms with Gasteiger partial charge in [0.25, 0.3) is 11.6 Å². The Hall–Kier alpha value is -1.31. The van der Waals surface area contributed by atoms with Crippen molar-refractivity contribution in [2.75, 3.05) is 17.3 Å². The summed E-state index contributed by atoms with van der Waals surface area (Å²) in [6.07, 6.45) is 0. The molecule has 2 fully saturated rings. The number of nitrogens with zero attached hydrogens (tertiary/aromatic N) is 2. The fraction of sp³-hybridized carbons (Fsp3) is 0.417. The van der Waals surface area contributed by atoms with Crippen LogP contribution >= 0.6 is 23.4 Å². The molecule has 2 aliphatic rings. The summed E-state index contributed by atoms with van der Waals surface area (Å²) in [5.41, 5.74) is -0.996. The summed E-state index contributed by atoms with van der Waals surface area (Å²) < 4.78 is 4.47. The van der Waals surface area contributed by atoms with Crippen molar-refractivity contribution in [3.63, 3.8) is 0 Å². The molecule has 20 heavy (non-hydrogen) atoms. The third kappa shape index (κ3) is 1.54. The second-order valence-electron chi connectivity index (χ2n) is 4.66. The Kier molecular flexibility index (Phi) is 2.97. The van der Waals surface area contributed by atoms with Gasteiger partial charge in [-0.3, -0.25) is 19.8 Å². The summed E-state index contributed by atoms with van der Waals surface area (Å²) >= 11 is 7.67. The van der Waals surface area contributed by atoms with Gasteiger partial charge < -0.3 is 4.74 Å². The summed E-state index contributed by atoms with van der Waals surface area (Å²) in [7, 11) is 0. The summed E-state index contributed by atoms with van der Waals surface area (Å²) in [4.78, 5) is 24.2. The number of benzene rings is 1. The van der Waals surface area contributed by atoms with E-state index >= 15 is 0 Å². The fourth-order valence-corrected chi connectivity index (χ4v) is 4.09. The Labute approximate surface area is 124 Å². The van der Waals surface area contributed by atoms with Crippen molar-refractivity contribution < 1.29 is 14.5 Å². The van der Waals surface area contributed by atoms with Crippen LogP contribution in [0.15, 0.2) is 24.3 Å². The lowest BCUT2D eigenvalue weighted by atomic mass is 9.95. The maximum atomic E-state index is 12.4. The Morgan fingerprint density at radius 1 is 1.50 bits per heavy atom. The predicted octanol–water partition coefficient (Wildman–Crippen LogP) is 2.36. The van der Waals surface area contributed by atoms with Crippen LogP contribution in [0.4, 0.5) is 11.4 Å². The predicted molar refractivity (Wildman–Crippen MR) is 76.0 cm³/mol. The maximum Gasteiger partial charge on any atom is 0.293 e. The molecule has 0 radical (unpaired) electrons. The van der Waals surface area contributed by atoms with Gasteiger partial charge in [-0.15, -0.1) is 11.8 Å². The van der Waals surface area contributed by atoms with Crippen LogP contribution in [0.3, 0.4) is 0 Å². The van der Waals surface area contributed by atoms with E-state index in [-0.39, 0.29) is 17.3 Å². The van der Waals surface area contributed by atoms with Crippen molar-refractivity contribution in [3.8, 4) is 0 Å². The number of carbonyl (C=O) groups excluding carboxylic acids is 1. The van der Waals surface area contributed by atoms with E-state index in [1.807, 2.05) is 0 Å². The van der Waals surface area contributed by atoms with E-state index in [0.717, 1.165) is 0 Å². The normalized spacial score (nSPS) is 32.5. The molecule has 1 aromatic carbocycles. The Morgan fingerprint density at radius 2 is 2.20 bits per heavy atom. The van der Waals surface area contributed by atoms with Gasteiger partial charge in [0, 0.05) is 11.8 Å². The highest BCUT2D eigenvalue weighted by molar-refractivity contribution is 8.03. The number of hydrogen-bond donors (Lipinski definition) is 0. The first-order chi connectivity index (χ1) is 9.42. The highest BCUT2D eigenvalue weighted by Gasteiger charge is 2.72. The molecule has 6 nitrogen and oxygen atoms in total. The smallest absolute Gasteiger partial charge is 0.293 e. The zero-order valence-electron chi connectivity index (χ0n) is 10.5. The molecule has 0 saturated carbocycles. The molecule has 0 aromatic heterocycles. The average molecular weight is 315 g/mol. The number of amides is 1. The lowest BCUT2D eigenvalue weighted by molar-refractivity contribution is -0.384. The van der Waals surface area contributed by atoms with Gasteiger partial charge in [-0.05, 0) is 13.0 Å². The molecule has 1 amide bonds. The zero-order chi connectivity index (χ0) is 14.5. The van der Waals surface area contributed by atoms with Crippen LogP contribution in [-0.2, 0) is 9.53 Å². The zero-order valence-corrected chi connectivity index (χ0v) is 12.1. The minimum atomic E-state index is -1.20. The quantitative estimate of drug-likeness (QED) is 0.362. The third-order valence-corrected chi connectivity index (χ3v) is 5.75. The van der Waals surface area contributed by atoms with Crippen molar-refractivity contribution in [2.24, 2.45) is 0 Å². The number of halogens is 1. The molecule has 3 rings (SSSR count). The molecular weight excluding hydrogens is 304 g/mol. The molecule has 0 N–H and O–H groups in total. The summed E-state index contributed by atoms with van der Waals surface area (Å²) in [5.74, 6) is 0.246. The average Bonchev–Trinajstić information content (AvgIpc) is 2.42. The van der Waals surface area contributed by atoms with E-state index in [0.29, 0.717) is 12.4 Å². The molecule has 2 saturated heterocycles. The van der Waals surface area contributed by atoms with Gasteiger partial charge in [-0.25, -0.2) is 0 Å². The number of para-hydroxylation sites is 2. The second-order valence-corrected chi connectivity index (χ2v) is 6.76. The van der Waals surface area contributed by atoms with Crippen molar-refractivity contribution in [1.82, 2.24) is 0 Å². The van der Waals surface area contributed by atoms with E-state index in [1.54, 1.807) is 19.1 Å². The van der Waals surface area contributed by atoms with Crippen LogP contribution in [0.5, 0.6) is 0 Å². The third-order valence-electron chi connectivity index (χ3n) is 3.59. The molecule has 2 heterocycles. The largest absolute Gasteiger partial charge is 0.351 e. The first-order valence-corrected chi connectivity index (χ1v) is 7.33. The number of rotatable bonds is 2. The number of carbonyl (C=O) groups is 1. The molecule has 1 aromatic rings. The van der Waals surface area contributed by atoms with Gasteiger partial charge in [0.05, 0.1) is 11.5 Å². The molecule has 0 unspecified atom stereocenters. The van der Waals surface area contributed by atoms with E-state index in [2.05, 4.69) is 0 Å². The van der Waals surface area contributed by atoms with E-state index < -0.39 is 14.9 Å². The van der Waals surface area contributed by atoms with Crippen LogP contribution in [0.1, 0.15) is 6.92 Å². The number of nitro groups is 1. The number of anilines is 1. The number of thioether (sulfide) groups is 1. The first-order valence-electron chi connectivity index (χ1n) is 5.97. The van der Waals surface area contributed by atoms with Crippen LogP contribution in [0.2, 0.25) is 0 Å². The van der Waals surface area contributed by atoms with Crippen LogP contribution in [-0.4, -0.2) is 33.1 Å². The van der Waals surface area contributed by atoms with Gasteiger partial charge in [0.2, 0.25) is 4.21 Å². The van der Waals surface area contributed by atoms with E-state index in [1.165, 1.54) is 28.8 Å². The highest BCUT2D eigenvalue weighted by atomic mass is 35.5. The molecular formula is C12H11ClN2O4S. The lowest BCUT2D eigenvalue weighted by Crippen LogP contribution is -2.80. The highest BCUT2D eigenvalue weighted by Crippen LogP contribution is 2.58. The molecule has 0 spiro atoms. The number of fused-ring (bicyclic) bond motifs is 1. The summed E-state index contributed by atoms with van der Waals surface area (Å²) in [5, 5.41) is 11.1. The Balaban J connectivity index is 2.08. The second kappa shape index (κ2) is 4.34. The van der Waals surface area contributed by atoms with Gasteiger partial charge >= 0.3 is 0 Å². The number of hydrogen-bond acceptors (Lipinski definition) is 5. The fourth-order valence-electron chi connectivity index (χ4n) is 2.55. The molecule has 0 bridgehead atoms. The molecule has 0 aliphatic carbocycles. The summed E-state index contributed by atoms with van der Waals surface area (Å²) in [6, 6.07) is 6.08. The topological polar surface area (TPSA) is 72.7 Å². The van der Waals surface area contributed by atoms with Crippen molar-refractivity contribution in [1.29, 1.82) is 0 Å². The van der Waals surface area contributed by atoms with Crippen molar-refractivity contribution in [3.05, 3.63) is 34.4 Å². The molecule has 106 valence electrons. The minimum absolute atomic E-state index is 0.139. The van der Waals surface area contributed by atoms with Gasteiger partial charge in [0.15, 0.2) is 5.72 Å². The number of alkyl halides is 1. The summed E-state index contributed by atoms with van der Waals surface area (Å²) in [6.45, 7) is 2.13. The maximum absolute atomic E-state index is 12.4. The SMILES string of the molecule is C[C@@]12OCCS[C@]1(Cl)C(=O)N2c1ccccc1[N+](=O)[O-]. The van der Waals surface area contributed by atoms with E-state index in [4.69, 9.17) is 16.3 Å². The number of β-lactam (4-membered cyclic amide) rings is 1. The minimum Gasteiger partial charge on any atom is -0.351 e. The standard InChI is InChI=1S/C12H11ClN2O4S/c1-11-12(13,20-7-6-19-11)10(16)14(11)8-4-2-3-5-9(8)15(17)18/h2-5H,6-7H2,1H3/t11-,12-/m1/s1. The molecule has 2 aliphatic heterocycles. The van der Waals surface area contributed by atoms with Crippen molar-refractivity contribution >= 4 is 40.6 Å².